The van der Waals surface area contributed by atoms with Crippen molar-refractivity contribution in [1.29, 1.82) is 0 Å². The van der Waals surface area contributed by atoms with Crippen molar-refractivity contribution in [2.24, 2.45) is 0 Å². The molecule has 1 heterocycles. The molecule has 1 saturated heterocycles. The van der Waals surface area contributed by atoms with Crippen LogP contribution in [0.4, 0.5) is 11.4 Å². The number of benzene rings is 3. The van der Waals surface area contributed by atoms with Crippen LogP contribution in [0.25, 0.3) is 6.08 Å². The van der Waals surface area contributed by atoms with Gasteiger partial charge >= 0.3 is 0 Å². The molecule has 1 atom stereocenters. The number of sulfone groups is 1. The van der Waals surface area contributed by atoms with Gasteiger partial charge in [-0.1, -0.05) is 60.2 Å². The predicted octanol–water partition coefficient (Wildman–Crippen LogP) is 4.56. The van der Waals surface area contributed by atoms with Crippen molar-refractivity contribution in [3.8, 4) is 0 Å². The summed E-state index contributed by atoms with van der Waals surface area (Å²) in [6.45, 7) is 1.95. The molecule has 31 heavy (non-hydrogen) atoms. The van der Waals surface area contributed by atoms with Gasteiger partial charge in [0.15, 0.2) is 5.37 Å². The number of anilines is 2. The van der Waals surface area contributed by atoms with Gasteiger partial charge in [0, 0.05) is 25.5 Å². The first-order valence-electron chi connectivity index (χ1n) is 9.97. The summed E-state index contributed by atoms with van der Waals surface area (Å²) in [5, 5.41) is -1.10. The summed E-state index contributed by atoms with van der Waals surface area (Å²) in [5.41, 5.74) is 3.80. The summed E-state index contributed by atoms with van der Waals surface area (Å²) in [7, 11) is -0.0694. The van der Waals surface area contributed by atoms with Gasteiger partial charge in [-0.3, -0.25) is 9.69 Å². The van der Waals surface area contributed by atoms with E-state index in [4.69, 9.17) is 0 Å². The van der Waals surface area contributed by atoms with E-state index in [-0.39, 0.29) is 4.91 Å². The van der Waals surface area contributed by atoms with E-state index in [0.29, 0.717) is 16.8 Å². The van der Waals surface area contributed by atoms with Crippen LogP contribution >= 0.6 is 0 Å². The highest BCUT2D eigenvalue weighted by molar-refractivity contribution is 7.97. The van der Waals surface area contributed by atoms with Crippen molar-refractivity contribution < 1.29 is 13.2 Å². The first kappa shape index (κ1) is 20.9. The summed E-state index contributed by atoms with van der Waals surface area (Å²) >= 11 is 0. The molecule has 1 aliphatic rings. The molecule has 0 aliphatic carbocycles. The molecule has 0 saturated carbocycles. The zero-order valence-electron chi connectivity index (χ0n) is 17.7. The van der Waals surface area contributed by atoms with E-state index in [1.807, 2.05) is 68.4 Å². The van der Waals surface area contributed by atoms with Crippen LogP contribution < -0.4 is 9.80 Å². The van der Waals surface area contributed by atoms with Gasteiger partial charge in [0.2, 0.25) is 9.84 Å². The molecule has 1 amide bonds. The molecule has 1 fully saturated rings. The molecule has 6 heteroatoms. The molecular formula is C25H24N2O3S. The molecule has 4 rings (SSSR count). The molecule has 158 valence electrons. The second-order valence-corrected chi connectivity index (χ2v) is 9.79. The number of amides is 1. The highest BCUT2D eigenvalue weighted by Gasteiger charge is 2.50. The molecular weight excluding hydrogens is 408 g/mol. The second kappa shape index (κ2) is 8.04. The van der Waals surface area contributed by atoms with Gasteiger partial charge in [0.25, 0.3) is 5.91 Å². The molecule has 0 N–H and O–H groups in total. The van der Waals surface area contributed by atoms with Gasteiger partial charge in [-0.05, 0) is 48.4 Å². The Kier molecular flexibility index (Phi) is 5.41. The summed E-state index contributed by atoms with van der Waals surface area (Å²) in [6.07, 6.45) is 1.47. The Morgan fingerprint density at radius 2 is 1.48 bits per heavy atom. The van der Waals surface area contributed by atoms with Crippen molar-refractivity contribution in [2.75, 3.05) is 23.9 Å². The standard InChI is InChI=1S/C25H24N2O3S/c1-18-9-13-22(14-10-18)27-24(28)23(17-19-11-15-21(16-12-19)26(2)3)31(29,30)25(27)20-7-5-4-6-8-20/h4-17,25H,1-3H3/b23-17-/t25-/m1/s1. The van der Waals surface area contributed by atoms with Crippen LogP contribution in [0.1, 0.15) is 22.1 Å². The van der Waals surface area contributed by atoms with Crippen molar-refractivity contribution in [2.45, 2.75) is 12.3 Å². The summed E-state index contributed by atoms with van der Waals surface area (Å²) in [5.74, 6) is -0.519. The number of hydrogen-bond donors (Lipinski definition) is 0. The average molecular weight is 433 g/mol. The van der Waals surface area contributed by atoms with Crippen LogP contribution in [0.3, 0.4) is 0 Å². The van der Waals surface area contributed by atoms with Gasteiger partial charge in [-0.15, -0.1) is 0 Å². The topological polar surface area (TPSA) is 57.7 Å². The predicted molar refractivity (Wildman–Crippen MR) is 126 cm³/mol. The van der Waals surface area contributed by atoms with Crippen LogP contribution in [0.2, 0.25) is 0 Å². The number of hydrogen-bond acceptors (Lipinski definition) is 4. The van der Waals surface area contributed by atoms with Crippen molar-refractivity contribution in [3.63, 3.8) is 0 Å². The van der Waals surface area contributed by atoms with Crippen molar-refractivity contribution >= 4 is 33.2 Å². The first-order chi connectivity index (χ1) is 14.8. The lowest BCUT2D eigenvalue weighted by Gasteiger charge is -2.23. The minimum absolute atomic E-state index is 0.195. The third-order valence-corrected chi connectivity index (χ3v) is 7.35. The van der Waals surface area contributed by atoms with E-state index in [9.17, 15) is 13.2 Å². The maximum absolute atomic E-state index is 13.6. The maximum atomic E-state index is 13.6. The minimum atomic E-state index is -3.94. The molecule has 5 nitrogen and oxygen atoms in total. The molecule has 3 aromatic carbocycles. The minimum Gasteiger partial charge on any atom is -0.378 e. The average Bonchev–Trinajstić information content (AvgIpc) is 2.95. The largest absolute Gasteiger partial charge is 0.378 e. The highest BCUT2D eigenvalue weighted by atomic mass is 32.2. The fraction of sp³-hybridized carbons (Fsp3) is 0.160. The molecule has 0 radical (unpaired) electrons. The summed E-state index contributed by atoms with van der Waals surface area (Å²) < 4.78 is 27.2. The van der Waals surface area contributed by atoms with E-state index in [1.165, 1.54) is 11.0 Å². The highest BCUT2D eigenvalue weighted by Crippen LogP contribution is 2.43. The van der Waals surface area contributed by atoms with E-state index in [2.05, 4.69) is 0 Å². The lowest BCUT2D eigenvalue weighted by atomic mass is 10.1. The Balaban J connectivity index is 1.85. The normalized spacial score (nSPS) is 19.1. The fourth-order valence-electron chi connectivity index (χ4n) is 3.67. The number of rotatable bonds is 4. The van der Waals surface area contributed by atoms with Crippen LogP contribution in [0.15, 0.2) is 83.8 Å². The van der Waals surface area contributed by atoms with E-state index >= 15 is 0 Å². The van der Waals surface area contributed by atoms with Gasteiger partial charge in [0.1, 0.15) is 4.91 Å². The van der Waals surface area contributed by atoms with Gasteiger partial charge in [-0.25, -0.2) is 8.42 Å². The SMILES string of the molecule is Cc1ccc(N2C(=O)/C(=C/c3ccc(N(C)C)cc3)S(=O)(=O)[C@@H]2c2ccccc2)cc1. The van der Waals surface area contributed by atoms with E-state index in [0.717, 1.165) is 11.3 Å². The fourth-order valence-corrected chi connectivity index (χ4v) is 5.57. The van der Waals surface area contributed by atoms with Crippen LogP contribution in [-0.4, -0.2) is 28.4 Å². The number of carbonyl (C=O) groups excluding carboxylic acids is 1. The number of nitrogens with zero attached hydrogens (tertiary/aromatic N) is 2. The lowest BCUT2D eigenvalue weighted by Crippen LogP contribution is -2.28. The first-order valence-corrected chi connectivity index (χ1v) is 11.5. The van der Waals surface area contributed by atoms with Gasteiger partial charge < -0.3 is 4.90 Å². The molecule has 0 unspecified atom stereocenters. The Morgan fingerprint density at radius 3 is 2.06 bits per heavy atom. The molecule has 0 spiro atoms. The third-order valence-electron chi connectivity index (χ3n) is 5.37. The Hall–Kier alpha value is -3.38. The number of aryl methyl sites for hydroxylation is 1. The van der Waals surface area contributed by atoms with Crippen molar-refractivity contribution in [3.05, 3.63) is 100 Å². The monoisotopic (exact) mass is 432 g/mol. The maximum Gasteiger partial charge on any atom is 0.271 e. The second-order valence-electron chi connectivity index (χ2n) is 7.81. The van der Waals surface area contributed by atoms with Crippen LogP contribution in [0.5, 0.6) is 0 Å². The number of carbonyl (C=O) groups is 1. The van der Waals surface area contributed by atoms with Gasteiger partial charge in [0.05, 0.1) is 0 Å². The molecule has 0 bridgehead atoms. The van der Waals surface area contributed by atoms with Gasteiger partial charge in [-0.2, -0.15) is 0 Å². The van der Waals surface area contributed by atoms with Crippen molar-refractivity contribution in [1.82, 2.24) is 0 Å². The molecule has 0 aromatic heterocycles. The molecule has 1 aliphatic heterocycles. The third kappa shape index (κ3) is 3.86. The lowest BCUT2D eigenvalue weighted by molar-refractivity contribution is -0.114. The zero-order valence-corrected chi connectivity index (χ0v) is 18.5. The van der Waals surface area contributed by atoms with Crippen LogP contribution in [-0.2, 0) is 14.6 Å². The molecule has 3 aromatic rings. The summed E-state index contributed by atoms with van der Waals surface area (Å²) in [4.78, 5) is 16.6. The van der Waals surface area contributed by atoms with E-state index < -0.39 is 21.1 Å². The quantitative estimate of drug-likeness (QED) is 0.567. The Bertz CT molecular complexity index is 1230. The smallest absolute Gasteiger partial charge is 0.271 e. The zero-order chi connectivity index (χ0) is 22.2. The Labute approximate surface area is 183 Å². The summed E-state index contributed by atoms with van der Waals surface area (Å²) in [6, 6.07) is 23.6. The Morgan fingerprint density at radius 1 is 0.871 bits per heavy atom. The van der Waals surface area contributed by atoms with Crippen LogP contribution in [0, 0.1) is 6.92 Å². The van der Waals surface area contributed by atoms with E-state index in [1.54, 1.807) is 36.4 Å².